The van der Waals surface area contributed by atoms with E-state index in [0.717, 1.165) is 11.3 Å². The van der Waals surface area contributed by atoms with Gasteiger partial charge in [0.2, 0.25) is 5.91 Å². The molecule has 1 N–H and O–H groups in total. The number of benzene rings is 1. The Balaban J connectivity index is 1.47. The molecule has 1 aliphatic heterocycles. The van der Waals surface area contributed by atoms with Crippen molar-refractivity contribution in [3.05, 3.63) is 53.2 Å². The van der Waals surface area contributed by atoms with Crippen LogP contribution in [0, 0.1) is 12.7 Å². The summed E-state index contributed by atoms with van der Waals surface area (Å²) in [6, 6.07) is 7.97. The molecule has 8 heteroatoms. The molecule has 0 unspecified atom stereocenters. The van der Waals surface area contributed by atoms with Gasteiger partial charge in [-0.25, -0.2) is 4.39 Å². The van der Waals surface area contributed by atoms with Gasteiger partial charge in [0.1, 0.15) is 5.82 Å². The molecule has 1 atom stereocenters. The molecule has 4 rings (SSSR count). The van der Waals surface area contributed by atoms with Crippen LogP contribution in [-0.4, -0.2) is 37.7 Å². The van der Waals surface area contributed by atoms with Crippen LogP contribution < -0.4 is 0 Å². The highest BCUT2D eigenvalue weighted by Gasteiger charge is 2.33. The molecule has 0 radical (unpaired) electrons. The summed E-state index contributed by atoms with van der Waals surface area (Å²) in [5, 5.41) is 10.9. The van der Waals surface area contributed by atoms with E-state index < -0.39 is 0 Å². The second-order valence-corrected chi connectivity index (χ2v) is 6.20. The zero-order valence-electron chi connectivity index (χ0n) is 13.6. The lowest BCUT2D eigenvalue weighted by Gasteiger charge is -2.16. The summed E-state index contributed by atoms with van der Waals surface area (Å²) in [5.41, 5.74) is 2.37. The summed E-state index contributed by atoms with van der Waals surface area (Å²) in [5.74, 6) is 0.457. The van der Waals surface area contributed by atoms with Gasteiger partial charge in [0.05, 0.1) is 0 Å². The first-order valence-electron chi connectivity index (χ1n) is 7.96. The van der Waals surface area contributed by atoms with Gasteiger partial charge in [0, 0.05) is 31.1 Å². The maximum absolute atomic E-state index is 13.0. The number of hydrogen-bond acceptors (Lipinski definition) is 5. The summed E-state index contributed by atoms with van der Waals surface area (Å²) < 4.78 is 18.3. The van der Waals surface area contributed by atoms with E-state index in [1.165, 1.54) is 12.1 Å². The predicted octanol–water partition coefficient (Wildman–Crippen LogP) is 2.42. The lowest BCUT2D eigenvalue weighted by molar-refractivity contribution is -0.128. The fraction of sp³-hybridized carbons (Fsp3) is 0.294. The molecule has 0 aliphatic carbocycles. The minimum atomic E-state index is -0.290. The van der Waals surface area contributed by atoms with Crippen molar-refractivity contribution in [3.63, 3.8) is 0 Å². The van der Waals surface area contributed by atoms with E-state index in [9.17, 15) is 9.18 Å². The topological polar surface area (TPSA) is 87.9 Å². The Hall–Kier alpha value is -3.03. The van der Waals surface area contributed by atoms with Crippen LogP contribution >= 0.6 is 0 Å². The summed E-state index contributed by atoms with van der Waals surface area (Å²) >= 11 is 0. The molecular weight excluding hydrogens is 325 g/mol. The summed E-state index contributed by atoms with van der Waals surface area (Å²) in [7, 11) is 0. The van der Waals surface area contributed by atoms with Crippen LogP contribution in [0.1, 0.15) is 29.4 Å². The summed E-state index contributed by atoms with van der Waals surface area (Å²) in [6.45, 7) is 2.84. The van der Waals surface area contributed by atoms with Crippen molar-refractivity contribution < 1.29 is 13.7 Å². The van der Waals surface area contributed by atoms with Crippen LogP contribution in [0.3, 0.4) is 0 Å². The smallest absolute Gasteiger partial charge is 0.278 e. The molecule has 1 aromatic carbocycles. The van der Waals surface area contributed by atoms with Gasteiger partial charge in [-0.1, -0.05) is 17.3 Å². The molecular formula is C17H16FN5O2. The number of hydrogen-bond donors (Lipinski definition) is 1. The van der Waals surface area contributed by atoms with Gasteiger partial charge in [-0.15, -0.1) is 0 Å². The molecule has 7 nitrogen and oxygen atoms in total. The van der Waals surface area contributed by atoms with E-state index >= 15 is 0 Å². The minimum absolute atomic E-state index is 0.0243. The van der Waals surface area contributed by atoms with Crippen molar-refractivity contribution in [2.24, 2.45) is 0 Å². The van der Waals surface area contributed by atoms with Crippen molar-refractivity contribution in [1.82, 2.24) is 25.2 Å². The van der Waals surface area contributed by atoms with E-state index in [1.54, 1.807) is 17.0 Å². The lowest BCUT2D eigenvalue weighted by Crippen LogP contribution is -2.24. The Morgan fingerprint density at radius 3 is 2.88 bits per heavy atom. The molecule has 0 saturated carbocycles. The third-order valence-corrected chi connectivity index (χ3v) is 4.23. The molecule has 1 aliphatic rings. The van der Waals surface area contributed by atoms with Crippen LogP contribution in [0.25, 0.3) is 11.6 Å². The number of nitrogens with one attached hydrogen (secondary N) is 1. The monoisotopic (exact) mass is 341 g/mol. The predicted molar refractivity (Wildman–Crippen MR) is 85.8 cm³/mol. The molecule has 1 amide bonds. The number of aryl methyl sites for hydroxylation is 1. The normalized spacial score (nSPS) is 17.4. The number of aromatic amines is 1. The van der Waals surface area contributed by atoms with Gasteiger partial charge in [0.25, 0.3) is 5.89 Å². The van der Waals surface area contributed by atoms with Crippen LogP contribution in [-0.2, 0) is 11.3 Å². The Labute approximate surface area is 142 Å². The van der Waals surface area contributed by atoms with Gasteiger partial charge in [-0.05, 0) is 30.7 Å². The number of amides is 1. The molecule has 128 valence electrons. The fourth-order valence-corrected chi connectivity index (χ4v) is 2.94. The maximum Gasteiger partial charge on any atom is 0.278 e. The molecule has 2 aromatic heterocycles. The largest absolute Gasteiger partial charge is 0.338 e. The Bertz CT molecular complexity index is 902. The molecule has 0 spiro atoms. The number of likely N-dealkylation sites (tertiary alicyclic amines) is 1. The molecule has 1 saturated heterocycles. The first-order chi connectivity index (χ1) is 12.1. The SMILES string of the molecule is Cc1cc(-c2nc([C@H]3CC(=O)N(Cc4ccc(F)cc4)C3)no2)n[nH]1. The van der Waals surface area contributed by atoms with Crippen molar-refractivity contribution in [1.29, 1.82) is 0 Å². The van der Waals surface area contributed by atoms with Crippen LogP contribution in [0.5, 0.6) is 0 Å². The number of carbonyl (C=O) groups excluding carboxylic acids is 1. The van der Waals surface area contributed by atoms with Crippen LogP contribution in [0.2, 0.25) is 0 Å². The van der Waals surface area contributed by atoms with Crippen molar-refractivity contribution >= 4 is 5.91 Å². The Morgan fingerprint density at radius 1 is 1.36 bits per heavy atom. The lowest BCUT2D eigenvalue weighted by atomic mass is 10.1. The van der Waals surface area contributed by atoms with Gasteiger partial charge in [-0.3, -0.25) is 9.89 Å². The molecule has 0 bridgehead atoms. The minimum Gasteiger partial charge on any atom is -0.338 e. The van der Waals surface area contributed by atoms with Gasteiger partial charge >= 0.3 is 0 Å². The average Bonchev–Trinajstić information content (AvgIpc) is 3.30. The average molecular weight is 341 g/mol. The Morgan fingerprint density at radius 2 is 2.16 bits per heavy atom. The van der Waals surface area contributed by atoms with Gasteiger partial charge in [-0.2, -0.15) is 10.1 Å². The maximum atomic E-state index is 13.0. The van der Waals surface area contributed by atoms with Gasteiger partial charge < -0.3 is 9.42 Å². The molecule has 25 heavy (non-hydrogen) atoms. The highest BCUT2D eigenvalue weighted by Crippen LogP contribution is 2.29. The fourth-order valence-electron chi connectivity index (χ4n) is 2.94. The summed E-state index contributed by atoms with van der Waals surface area (Å²) in [6.07, 6.45) is 0.333. The van der Waals surface area contributed by atoms with E-state index in [2.05, 4.69) is 20.3 Å². The van der Waals surface area contributed by atoms with Crippen molar-refractivity contribution in [3.8, 4) is 11.6 Å². The standard InChI is InChI=1S/C17H16FN5O2/c1-10-6-14(21-20-10)17-19-16(22-25-17)12-7-15(24)23(9-12)8-11-2-4-13(18)5-3-11/h2-6,12H,7-9H2,1H3,(H,20,21)/t12-/m0/s1. The van der Waals surface area contributed by atoms with E-state index in [1.807, 2.05) is 13.0 Å². The number of halogens is 1. The highest BCUT2D eigenvalue weighted by molar-refractivity contribution is 5.79. The van der Waals surface area contributed by atoms with Crippen LogP contribution in [0.4, 0.5) is 4.39 Å². The number of H-pyrrole nitrogens is 1. The van der Waals surface area contributed by atoms with E-state index in [4.69, 9.17) is 4.52 Å². The third kappa shape index (κ3) is 3.15. The quantitative estimate of drug-likeness (QED) is 0.787. The third-order valence-electron chi connectivity index (χ3n) is 4.23. The molecule has 3 aromatic rings. The van der Waals surface area contributed by atoms with Crippen molar-refractivity contribution in [2.75, 3.05) is 6.54 Å². The van der Waals surface area contributed by atoms with Gasteiger partial charge in [0.15, 0.2) is 11.5 Å². The number of carbonyl (C=O) groups is 1. The second kappa shape index (κ2) is 6.12. The Kier molecular flexibility index (Phi) is 3.79. The summed E-state index contributed by atoms with van der Waals surface area (Å²) in [4.78, 5) is 18.4. The first-order valence-corrected chi connectivity index (χ1v) is 7.96. The van der Waals surface area contributed by atoms with Crippen LogP contribution in [0.15, 0.2) is 34.9 Å². The molecule has 1 fully saturated rings. The van der Waals surface area contributed by atoms with Crippen molar-refractivity contribution in [2.45, 2.75) is 25.8 Å². The molecule has 3 heterocycles. The zero-order valence-corrected chi connectivity index (χ0v) is 13.6. The zero-order chi connectivity index (χ0) is 17.4. The number of nitrogens with zero attached hydrogens (tertiary/aromatic N) is 4. The second-order valence-electron chi connectivity index (χ2n) is 6.20. The highest BCUT2D eigenvalue weighted by atomic mass is 19.1. The number of rotatable bonds is 4. The first kappa shape index (κ1) is 15.5. The number of aromatic nitrogens is 4. The van der Waals surface area contributed by atoms with E-state index in [0.29, 0.717) is 36.9 Å². The van der Waals surface area contributed by atoms with E-state index in [-0.39, 0.29) is 17.6 Å².